The molecule has 0 saturated carbocycles. The van der Waals surface area contributed by atoms with Gasteiger partial charge in [-0.05, 0) is 13.0 Å². The lowest BCUT2D eigenvalue weighted by Crippen LogP contribution is -2.39. The molecular weight excluding hydrogens is 407 g/mol. The standard InChI is InChI=1S/C15H18F3N3O6S/c1-2-27-14(22)9-11(15(16,17)18)10-20(8-7-19)28(25,26)13-6-4-3-5-12(13)21(23)24/h3-6,9H,2,7-8,10,19H2,1H3/b11-9+. The molecule has 0 aliphatic carbocycles. The summed E-state index contributed by atoms with van der Waals surface area (Å²) in [6, 6.07) is 4.22. The van der Waals surface area contributed by atoms with Crippen LogP contribution in [-0.4, -0.2) is 56.0 Å². The zero-order chi connectivity index (χ0) is 21.5. The lowest BCUT2D eigenvalue weighted by Gasteiger charge is -2.23. The van der Waals surface area contributed by atoms with Gasteiger partial charge in [-0.3, -0.25) is 10.1 Å². The summed E-state index contributed by atoms with van der Waals surface area (Å²) in [5.74, 6) is -1.30. The number of hydrogen-bond acceptors (Lipinski definition) is 7. The molecule has 0 aliphatic heterocycles. The van der Waals surface area contributed by atoms with Gasteiger partial charge in [0.15, 0.2) is 4.90 Å². The van der Waals surface area contributed by atoms with Crippen LogP contribution in [0.15, 0.2) is 40.8 Å². The Morgan fingerprint density at radius 1 is 1.36 bits per heavy atom. The fourth-order valence-corrected chi connectivity index (χ4v) is 3.72. The summed E-state index contributed by atoms with van der Waals surface area (Å²) in [4.78, 5) is 20.8. The Hall–Kier alpha value is -2.51. The van der Waals surface area contributed by atoms with Crippen LogP contribution in [0.2, 0.25) is 0 Å². The third-order valence-electron chi connectivity index (χ3n) is 3.35. The average Bonchev–Trinajstić information content (AvgIpc) is 2.59. The summed E-state index contributed by atoms with van der Waals surface area (Å²) in [5, 5.41) is 11.1. The molecule has 156 valence electrons. The van der Waals surface area contributed by atoms with Crippen molar-refractivity contribution in [3.05, 3.63) is 46.0 Å². The monoisotopic (exact) mass is 425 g/mol. The van der Waals surface area contributed by atoms with Gasteiger partial charge in [0.05, 0.1) is 17.1 Å². The predicted octanol–water partition coefficient (Wildman–Crippen LogP) is 1.60. The Morgan fingerprint density at radius 2 is 1.96 bits per heavy atom. The summed E-state index contributed by atoms with van der Waals surface area (Å²) in [6.07, 6.45) is -4.90. The molecule has 0 bridgehead atoms. The molecule has 1 aromatic carbocycles. The maximum absolute atomic E-state index is 13.3. The van der Waals surface area contributed by atoms with E-state index in [-0.39, 0.29) is 19.2 Å². The van der Waals surface area contributed by atoms with Crippen LogP contribution in [0.1, 0.15) is 6.92 Å². The number of nitrogens with two attached hydrogens (primary N) is 1. The van der Waals surface area contributed by atoms with Crippen molar-refractivity contribution < 1.29 is 36.0 Å². The highest BCUT2D eigenvalue weighted by Crippen LogP contribution is 2.30. The number of nitrogens with zero attached hydrogens (tertiary/aromatic N) is 2. The van der Waals surface area contributed by atoms with Crippen molar-refractivity contribution in [3.8, 4) is 0 Å². The zero-order valence-corrected chi connectivity index (χ0v) is 15.5. The molecule has 0 amide bonds. The van der Waals surface area contributed by atoms with Gasteiger partial charge < -0.3 is 10.5 Å². The Bertz CT molecular complexity index is 855. The fraction of sp³-hybridized carbons (Fsp3) is 0.400. The van der Waals surface area contributed by atoms with E-state index in [1.165, 1.54) is 19.1 Å². The highest BCUT2D eigenvalue weighted by atomic mass is 32.2. The van der Waals surface area contributed by atoms with Gasteiger partial charge in [-0.15, -0.1) is 0 Å². The van der Waals surface area contributed by atoms with Crippen molar-refractivity contribution in [1.29, 1.82) is 0 Å². The molecule has 0 radical (unpaired) electrons. The number of hydrogen-bond donors (Lipinski definition) is 1. The van der Waals surface area contributed by atoms with Crippen molar-refractivity contribution in [2.45, 2.75) is 18.0 Å². The second kappa shape index (κ2) is 9.61. The molecule has 2 N–H and O–H groups in total. The van der Waals surface area contributed by atoms with Crippen molar-refractivity contribution in [3.63, 3.8) is 0 Å². The fourth-order valence-electron chi connectivity index (χ4n) is 2.13. The topological polar surface area (TPSA) is 133 Å². The third-order valence-corrected chi connectivity index (χ3v) is 5.24. The van der Waals surface area contributed by atoms with E-state index in [0.717, 1.165) is 12.1 Å². The lowest BCUT2D eigenvalue weighted by atomic mass is 10.2. The molecule has 13 heteroatoms. The molecule has 0 saturated heterocycles. The molecule has 0 aromatic heterocycles. The third kappa shape index (κ3) is 6.00. The molecule has 0 unspecified atom stereocenters. The summed E-state index contributed by atoms with van der Waals surface area (Å²) in [5.41, 5.74) is 3.01. The minimum atomic E-state index is -5.04. The van der Waals surface area contributed by atoms with Crippen molar-refractivity contribution in [2.75, 3.05) is 26.2 Å². The van der Waals surface area contributed by atoms with E-state index in [0.29, 0.717) is 4.31 Å². The maximum Gasteiger partial charge on any atom is 0.414 e. The van der Waals surface area contributed by atoms with E-state index < -0.39 is 56.3 Å². The van der Waals surface area contributed by atoms with E-state index >= 15 is 0 Å². The number of ether oxygens (including phenoxy) is 1. The van der Waals surface area contributed by atoms with E-state index in [9.17, 15) is 36.5 Å². The largest absolute Gasteiger partial charge is 0.463 e. The van der Waals surface area contributed by atoms with Gasteiger partial charge in [-0.2, -0.15) is 17.5 Å². The van der Waals surface area contributed by atoms with Gasteiger partial charge in [0.1, 0.15) is 0 Å². The van der Waals surface area contributed by atoms with E-state index in [4.69, 9.17) is 5.73 Å². The Balaban J connectivity index is 3.42. The number of halogens is 3. The van der Waals surface area contributed by atoms with Crippen LogP contribution >= 0.6 is 0 Å². The SMILES string of the molecule is CCOC(=O)/C=C(\CN(CCN)S(=O)(=O)c1ccccc1[N+](=O)[O-])C(F)(F)F. The van der Waals surface area contributed by atoms with Gasteiger partial charge in [0, 0.05) is 31.8 Å². The number of alkyl halides is 3. The number of benzene rings is 1. The zero-order valence-electron chi connectivity index (χ0n) is 14.7. The van der Waals surface area contributed by atoms with Crippen LogP contribution in [0.5, 0.6) is 0 Å². The first-order chi connectivity index (χ1) is 12.9. The summed E-state index contributed by atoms with van der Waals surface area (Å²) < 4.78 is 70.2. The summed E-state index contributed by atoms with van der Waals surface area (Å²) in [6.45, 7) is -0.983. The Morgan fingerprint density at radius 3 is 2.46 bits per heavy atom. The van der Waals surface area contributed by atoms with Crippen LogP contribution in [-0.2, 0) is 19.6 Å². The van der Waals surface area contributed by atoms with Crippen molar-refractivity contribution in [1.82, 2.24) is 4.31 Å². The first kappa shape index (κ1) is 23.5. The molecular formula is C15H18F3N3O6S. The number of nitro groups is 1. The summed E-state index contributed by atoms with van der Waals surface area (Å²) >= 11 is 0. The lowest BCUT2D eigenvalue weighted by molar-refractivity contribution is -0.387. The van der Waals surface area contributed by atoms with Crippen LogP contribution in [0.4, 0.5) is 18.9 Å². The van der Waals surface area contributed by atoms with Crippen molar-refractivity contribution in [2.24, 2.45) is 5.73 Å². The maximum atomic E-state index is 13.3. The minimum Gasteiger partial charge on any atom is -0.463 e. The molecule has 0 fully saturated rings. The van der Waals surface area contributed by atoms with Crippen LogP contribution in [0.25, 0.3) is 0 Å². The number of rotatable bonds is 9. The number of nitro benzene ring substituents is 1. The second-order valence-electron chi connectivity index (χ2n) is 5.27. The van der Waals surface area contributed by atoms with Gasteiger partial charge in [-0.25, -0.2) is 13.2 Å². The van der Waals surface area contributed by atoms with Crippen LogP contribution < -0.4 is 5.73 Å². The highest BCUT2D eigenvalue weighted by molar-refractivity contribution is 7.89. The molecule has 0 heterocycles. The highest BCUT2D eigenvalue weighted by Gasteiger charge is 2.39. The van der Waals surface area contributed by atoms with E-state index in [2.05, 4.69) is 4.74 Å². The van der Waals surface area contributed by atoms with Gasteiger partial charge in [-0.1, -0.05) is 12.1 Å². The van der Waals surface area contributed by atoms with E-state index in [1.54, 1.807) is 0 Å². The summed E-state index contributed by atoms with van der Waals surface area (Å²) in [7, 11) is -4.72. The minimum absolute atomic E-state index is 0.141. The van der Waals surface area contributed by atoms with E-state index in [1.807, 2.05) is 0 Å². The van der Waals surface area contributed by atoms with Gasteiger partial charge >= 0.3 is 12.1 Å². The number of esters is 1. The normalized spacial score (nSPS) is 12.9. The number of carbonyl (C=O) groups is 1. The van der Waals surface area contributed by atoms with Gasteiger partial charge in [0.2, 0.25) is 10.0 Å². The number of para-hydroxylation sites is 1. The Kier molecular flexibility index (Phi) is 8.08. The first-order valence-electron chi connectivity index (χ1n) is 7.83. The molecule has 0 atom stereocenters. The first-order valence-corrected chi connectivity index (χ1v) is 9.27. The van der Waals surface area contributed by atoms with Crippen molar-refractivity contribution >= 4 is 21.7 Å². The predicted molar refractivity (Wildman–Crippen MR) is 91.7 cm³/mol. The Labute approximate surface area is 158 Å². The van der Waals surface area contributed by atoms with Crippen LogP contribution in [0.3, 0.4) is 0 Å². The van der Waals surface area contributed by atoms with Crippen LogP contribution in [0, 0.1) is 10.1 Å². The number of sulfonamides is 1. The molecule has 0 spiro atoms. The second-order valence-corrected chi connectivity index (χ2v) is 7.18. The molecule has 1 rings (SSSR count). The molecule has 1 aromatic rings. The smallest absolute Gasteiger partial charge is 0.414 e. The molecule has 0 aliphatic rings. The average molecular weight is 425 g/mol. The quantitative estimate of drug-likeness (QED) is 0.275. The molecule has 28 heavy (non-hydrogen) atoms. The number of carbonyl (C=O) groups excluding carboxylic acids is 1. The molecule has 9 nitrogen and oxygen atoms in total. The van der Waals surface area contributed by atoms with Gasteiger partial charge in [0.25, 0.3) is 5.69 Å².